The molecule has 3 aromatic rings. The van der Waals surface area contributed by atoms with Crippen LogP contribution in [0, 0.1) is 0 Å². The first kappa shape index (κ1) is 28.8. The largest absolute Gasteiger partial charge is 0.493 e. The summed E-state index contributed by atoms with van der Waals surface area (Å²) in [6.45, 7) is 3.95. The zero-order valence-corrected chi connectivity index (χ0v) is 22.8. The van der Waals surface area contributed by atoms with Crippen molar-refractivity contribution >= 4 is 41.2 Å². The van der Waals surface area contributed by atoms with Crippen LogP contribution >= 0.6 is 23.2 Å². The normalized spacial score (nSPS) is 12.4. The summed E-state index contributed by atoms with van der Waals surface area (Å²) in [4.78, 5) is 26.0. The molecule has 0 saturated carbocycles. The van der Waals surface area contributed by atoms with E-state index in [4.69, 9.17) is 37.4 Å². The summed E-state index contributed by atoms with van der Waals surface area (Å²) >= 11 is 12.1. The van der Waals surface area contributed by atoms with Crippen molar-refractivity contribution in [1.82, 2.24) is 10.7 Å². The molecular weight excluding hydrogens is 529 g/mol. The minimum Gasteiger partial charge on any atom is -0.493 e. The number of ether oxygens (including phenoxy) is 3. The SMILES string of the molecule is CCOc1ccc(/C=N\NC(=O)[C@H](Cc2ccccc2)NC(=O)[C@@H](C)Oc2ccc(Cl)cc2Cl)cc1OC. The molecule has 10 heteroatoms. The Morgan fingerprint density at radius 2 is 1.71 bits per heavy atom. The number of halogens is 2. The Balaban J connectivity index is 1.69. The van der Waals surface area contributed by atoms with Gasteiger partial charge in [0.15, 0.2) is 17.6 Å². The van der Waals surface area contributed by atoms with E-state index in [1.807, 2.05) is 37.3 Å². The highest BCUT2D eigenvalue weighted by Crippen LogP contribution is 2.29. The summed E-state index contributed by atoms with van der Waals surface area (Å²) < 4.78 is 16.6. The summed E-state index contributed by atoms with van der Waals surface area (Å²) in [6, 6.07) is 18.4. The number of hydrogen-bond acceptors (Lipinski definition) is 6. The summed E-state index contributed by atoms with van der Waals surface area (Å²) in [7, 11) is 1.54. The molecule has 0 spiro atoms. The molecule has 0 saturated heterocycles. The molecule has 0 heterocycles. The molecule has 0 aliphatic heterocycles. The maximum Gasteiger partial charge on any atom is 0.262 e. The van der Waals surface area contributed by atoms with Crippen molar-refractivity contribution in [2.24, 2.45) is 5.10 Å². The van der Waals surface area contributed by atoms with Crippen LogP contribution in [0.15, 0.2) is 71.8 Å². The number of nitrogens with zero attached hydrogens (tertiary/aromatic N) is 1. The fourth-order valence-corrected chi connectivity index (χ4v) is 3.90. The Kier molecular flexibility index (Phi) is 10.8. The maximum atomic E-state index is 13.0. The lowest BCUT2D eigenvalue weighted by Crippen LogP contribution is -2.50. The van der Waals surface area contributed by atoms with E-state index in [9.17, 15) is 9.59 Å². The van der Waals surface area contributed by atoms with Crippen LogP contribution in [-0.2, 0) is 16.0 Å². The number of benzene rings is 3. The van der Waals surface area contributed by atoms with E-state index in [2.05, 4.69) is 15.8 Å². The Morgan fingerprint density at radius 3 is 2.39 bits per heavy atom. The molecule has 0 aromatic heterocycles. The van der Waals surface area contributed by atoms with Gasteiger partial charge in [-0.15, -0.1) is 0 Å². The molecule has 0 bridgehead atoms. The molecule has 0 radical (unpaired) electrons. The van der Waals surface area contributed by atoms with Crippen LogP contribution in [0.5, 0.6) is 17.2 Å². The molecule has 0 unspecified atom stereocenters. The van der Waals surface area contributed by atoms with Gasteiger partial charge in [0.25, 0.3) is 11.8 Å². The molecule has 200 valence electrons. The van der Waals surface area contributed by atoms with Gasteiger partial charge in [0, 0.05) is 11.4 Å². The summed E-state index contributed by atoms with van der Waals surface area (Å²) in [5.74, 6) is 0.475. The third-order valence-corrected chi connectivity index (χ3v) is 5.89. The van der Waals surface area contributed by atoms with Crippen LogP contribution in [0.3, 0.4) is 0 Å². The Hall–Kier alpha value is -3.75. The van der Waals surface area contributed by atoms with Gasteiger partial charge in [0.05, 0.1) is 25.0 Å². The number of carbonyl (C=O) groups is 2. The van der Waals surface area contributed by atoms with E-state index in [1.54, 1.807) is 44.4 Å². The second-order valence-corrected chi connectivity index (χ2v) is 9.01. The number of amides is 2. The summed E-state index contributed by atoms with van der Waals surface area (Å²) in [6.07, 6.45) is 0.796. The lowest BCUT2D eigenvalue weighted by Gasteiger charge is -2.21. The van der Waals surface area contributed by atoms with Crippen molar-refractivity contribution in [3.8, 4) is 17.2 Å². The Labute approximate surface area is 231 Å². The van der Waals surface area contributed by atoms with Crippen molar-refractivity contribution in [1.29, 1.82) is 0 Å². The van der Waals surface area contributed by atoms with Gasteiger partial charge in [-0.2, -0.15) is 5.10 Å². The average Bonchev–Trinajstić information content (AvgIpc) is 2.91. The van der Waals surface area contributed by atoms with Gasteiger partial charge in [-0.1, -0.05) is 53.5 Å². The van der Waals surface area contributed by atoms with Gasteiger partial charge in [0.1, 0.15) is 11.8 Å². The Morgan fingerprint density at radius 1 is 0.974 bits per heavy atom. The first-order chi connectivity index (χ1) is 18.3. The van der Waals surface area contributed by atoms with E-state index in [1.165, 1.54) is 12.3 Å². The smallest absolute Gasteiger partial charge is 0.262 e. The van der Waals surface area contributed by atoms with Gasteiger partial charge >= 0.3 is 0 Å². The lowest BCUT2D eigenvalue weighted by molar-refractivity contribution is -0.132. The molecule has 38 heavy (non-hydrogen) atoms. The summed E-state index contributed by atoms with van der Waals surface area (Å²) in [5, 5.41) is 7.53. The third kappa shape index (κ3) is 8.39. The quantitative estimate of drug-likeness (QED) is 0.240. The van der Waals surface area contributed by atoms with Crippen LogP contribution < -0.4 is 25.0 Å². The van der Waals surface area contributed by atoms with Gasteiger partial charge in [-0.25, -0.2) is 5.43 Å². The van der Waals surface area contributed by atoms with Crippen LogP contribution in [0.1, 0.15) is 25.0 Å². The van der Waals surface area contributed by atoms with E-state index in [0.29, 0.717) is 34.4 Å². The highest BCUT2D eigenvalue weighted by molar-refractivity contribution is 6.35. The van der Waals surface area contributed by atoms with Crippen LogP contribution in [0.4, 0.5) is 0 Å². The van der Waals surface area contributed by atoms with E-state index in [0.717, 1.165) is 5.56 Å². The number of methoxy groups -OCH3 is 1. The van der Waals surface area contributed by atoms with Crippen LogP contribution in [0.25, 0.3) is 0 Å². The molecule has 2 N–H and O–H groups in total. The van der Waals surface area contributed by atoms with E-state index < -0.39 is 24.0 Å². The fourth-order valence-electron chi connectivity index (χ4n) is 3.45. The molecule has 0 aliphatic carbocycles. The number of hydrazone groups is 1. The number of hydrogen-bond donors (Lipinski definition) is 2. The van der Waals surface area contributed by atoms with Gasteiger partial charge < -0.3 is 19.5 Å². The standard InChI is InChI=1S/C28H29Cl2N3O5/c1-4-37-25-12-10-20(15-26(25)36-3)17-31-33-28(35)23(14-19-8-6-5-7-9-19)32-27(34)18(2)38-24-13-11-21(29)16-22(24)30/h5-13,15-18,23H,4,14H2,1-3H3,(H,32,34)(H,33,35)/b31-17-/t18-,23+/m1/s1. The third-order valence-electron chi connectivity index (χ3n) is 5.36. The molecule has 2 amide bonds. The zero-order chi connectivity index (χ0) is 27.5. The predicted molar refractivity (Wildman–Crippen MR) is 149 cm³/mol. The molecule has 0 aliphatic rings. The predicted octanol–water partition coefficient (Wildman–Crippen LogP) is 5.05. The highest BCUT2D eigenvalue weighted by atomic mass is 35.5. The van der Waals surface area contributed by atoms with E-state index >= 15 is 0 Å². The second-order valence-electron chi connectivity index (χ2n) is 8.16. The summed E-state index contributed by atoms with van der Waals surface area (Å²) in [5.41, 5.74) is 4.06. The van der Waals surface area contributed by atoms with Crippen LogP contribution in [0.2, 0.25) is 10.0 Å². The monoisotopic (exact) mass is 557 g/mol. The van der Waals surface area contributed by atoms with Crippen molar-refractivity contribution in [2.45, 2.75) is 32.4 Å². The van der Waals surface area contributed by atoms with Gasteiger partial charge in [0.2, 0.25) is 0 Å². The van der Waals surface area contributed by atoms with Crippen molar-refractivity contribution in [3.63, 3.8) is 0 Å². The molecule has 3 aromatic carbocycles. The molecule has 2 atom stereocenters. The first-order valence-corrected chi connectivity index (χ1v) is 12.7. The van der Waals surface area contributed by atoms with Crippen molar-refractivity contribution in [3.05, 3.63) is 87.9 Å². The number of nitrogens with one attached hydrogen (secondary N) is 2. The number of rotatable bonds is 12. The molecule has 0 fully saturated rings. The van der Waals surface area contributed by atoms with Gasteiger partial charge in [-0.3, -0.25) is 9.59 Å². The molecule has 3 rings (SSSR count). The Bertz CT molecular complexity index is 1270. The van der Waals surface area contributed by atoms with Crippen molar-refractivity contribution < 1.29 is 23.8 Å². The highest BCUT2D eigenvalue weighted by Gasteiger charge is 2.25. The second kappa shape index (κ2) is 14.3. The molecule has 8 nitrogen and oxygen atoms in total. The maximum absolute atomic E-state index is 13.0. The zero-order valence-electron chi connectivity index (χ0n) is 21.2. The minimum atomic E-state index is -0.931. The average molecular weight is 558 g/mol. The first-order valence-electron chi connectivity index (χ1n) is 11.9. The lowest BCUT2D eigenvalue weighted by atomic mass is 10.1. The van der Waals surface area contributed by atoms with Crippen molar-refractivity contribution in [2.75, 3.05) is 13.7 Å². The number of carbonyl (C=O) groups excluding carboxylic acids is 2. The van der Waals surface area contributed by atoms with Crippen LogP contribution in [-0.4, -0.2) is 43.9 Å². The minimum absolute atomic E-state index is 0.249. The van der Waals surface area contributed by atoms with Gasteiger partial charge in [-0.05, 0) is 61.4 Å². The fraction of sp³-hybridized carbons (Fsp3) is 0.250. The van der Waals surface area contributed by atoms with E-state index in [-0.39, 0.29) is 11.4 Å². The molecular formula is C28H29Cl2N3O5. The topological polar surface area (TPSA) is 98.2 Å².